The summed E-state index contributed by atoms with van der Waals surface area (Å²) in [7, 11) is 0. The van der Waals surface area contributed by atoms with E-state index in [2.05, 4.69) is 0 Å². The summed E-state index contributed by atoms with van der Waals surface area (Å²) in [6, 6.07) is 0. The molecule has 0 aliphatic rings. The summed E-state index contributed by atoms with van der Waals surface area (Å²) >= 11 is 1.24. The maximum absolute atomic E-state index is 12.4. The number of hydrogen-bond donors (Lipinski definition) is 0. The lowest BCUT2D eigenvalue weighted by Gasteiger charge is -2.31. The third-order valence-corrected chi connectivity index (χ3v) is 5.35. The zero-order valence-electron chi connectivity index (χ0n) is 10.8. The largest absolute Gasteiger partial charge is 0.390 e. The lowest BCUT2D eigenvalue weighted by molar-refractivity contribution is 0.0592. The molecule has 0 aromatic rings. The number of rotatable bonds is 4. The van der Waals surface area contributed by atoms with Gasteiger partial charge in [-0.05, 0) is 52.9 Å². The van der Waals surface area contributed by atoms with Crippen molar-refractivity contribution < 1.29 is 13.6 Å². The van der Waals surface area contributed by atoms with E-state index in [4.69, 9.17) is 9.05 Å². The third-order valence-electron chi connectivity index (χ3n) is 1.06. The molecule has 15 heavy (non-hydrogen) atoms. The highest BCUT2D eigenvalue weighted by Crippen LogP contribution is 2.64. The molecule has 0 amide bonds. The molecule has 0 aliphatic heterocycles. The highest BCUT2D eigenvalue weighted by molar-refractivity contribution is 8.55. The molecule has 0 fully saturated rings. The van der Waals surface area contributed by atoms with Crippen molar-refractivity contribution in [3.8, 4) is 0 Å². The summed E-state index contributed by atoms with van der Waals surface area (Å²) in [6.45, 7) is 10.2. The molecule has 0 atom stereocenters. The zero-order valence-corrected chi connectivity index (χ0v) is 12.5. The van der Waals surface area contributed by atoms with Crippen molar-refractivity contribution in [1.82, 2.24) is 0 Å². The van der Waals surface area contributed by atoms with E-state index in [1.807, 2.05) is 48.5 Å². The van der Waals surface area contributed by atoms with Crippen LogP contribution in [-0.2, 0) is 13.6 Å². The van der Waals surface area contributed by atoms with Gasteiger partial charge in [0.1, 0.15) is 0 Å². The molecule has 3 nitrogen and oxygen atoms in total. The summed E-state index contributed by atoms with van der Waals surface area (Å²) in [5.41, 5.74) is -0.911. The van der Waals surface area contributed by atoms with Gasteiger partial charge in [-0.25, -0.2) is 4.57 Å². The summed E-state index contributed by atoms with van der Waals surface area (Å²) in [4.78, 5) is 0. The second-order valence-corrected chi connectivity index (χ2v) is 9.48. The van der Waals surface area contributed by atoms with Crippen LogP contribution in [0.5, 0.6) is 0 Å². The molecular formula is C10H23O3PS. The first kappa shape index (κ1) is 15.5. The first-order valence-corrected chi connectivity index (χ1v) is 8.27. The van der Waals surface area contributed by atoms with Crippen molar-refractivity contribution in [2.24, 2.45) is 0 Å². The molecular weight excluding hydrogens is 231 g/mol. The third kappa shape index (κ3) is 8.32. The van der Waals surface area contributed by atoms with Crippen LogP contribution in [0.4, 0.5) is 0 Å². The van der Waals surface area contributed by atoms with Gasteiger partial charge in [-0.1, -0.05) is 6.92 Å². The van der Waals surface area contributed by atoms with E-state index in [1.54, 1.807) is 0 Å². The number of hydrogen-bond acceptors (Lipinski definition) is 4. The Labute approximate surface area is 97.6 Å². The molecule has 0 saturated heterocycles. The lowest BCUT2D eigenvalue weighted by Crippen LogP contribution is -2.22. The molecule has 0 saturated carbocycles. The van der Waals surface area contributed by atoms with Crippen LogP contribution >= 0.6 is 18.2 Å². The monoisotopic (exact) mass is 254 g/mol. The summed E-state index contributed by atoms with van der Waals surface area (Å²) in [5, 5.41) is 0. The van der Waals surface area contributed by atoms with Gasteiger partial charge in [0.2, 0.25) is 0 Å². The standard InChI is InChI=1S/C10H23O3PS/c1-8-15-14(11,12-9(2,3)4)13-10(5,6)7/h8H2,1-7H3. The van der Waals surface area contributed by atoms with Crippen LogP contribution in [0.25, 0.3) is 0 Å². The first-order valence-electron chi connectivity index (χ1n) is 5.13. The van der Waals surface area contributed by atoms with Gasteiger partial charge >= 0.3 is 6.80 Å². The Bertz CT molecular complexity index is 220. The van der Waals surface area contributed by atoms with Gasteiger partial charge in [0.25, 0.3) is 0 Å². The van der Waals surface area contributed by atoms with E-state index < -0.39 is 18.0 Å². The minimum absolute atomic E-state index is 0.455. The lowest BCUT2D eigenvalue weighted by atomic mass is 10.2. The Kier molecular flexibility index (Phi) is 5.39. The van der Waals surface area contributed by atoms with E-state index in [0.29, 0.717) is 5.75 Å². The highest BCUT2D eigenvalue weighted by Gasteiger charge is 2.35. The Morgan fingerprint density at radius 3 is 1.53 bits per heavy atom. The average molecular weight is 254 g/mol. The van der Waals surface area contributed by atoms with Crippen molar-refractivity contribution in [3.63, 3.8) is 0 Å². The second-order valence-electron chi connectivity index (χ2n) is 5.27. The molecule has 0 heterocycles. The summed E-state index contributed by atoms with van der Waals surface area (Å²) in [5.74, 6) is 0.712. The molecule has 0 rings (SSSR count). The SMILES string of the molecule is CCSP(=O)(OC(C)(C)C)OC(C)(C)C. The zero-order chi connectivity index (χ0) is 12.3. The van der Waals surface area contributed by atoms with Gasteiger partial charge in [-0.2, -0.15) is 0 Å². The van der Waals surface area contributed by atoms with Gasteiger partial charge in [0.05, 0.1) is 11.2 Å². The van der Waals surface area contributed by atoms with Crippen LogP contribution in [0.1, 0.15) is 48.5 Å². The minimum atomic E-state index is -3.05. The van der Waals surface area contributed by atoms with E-state index in [-0.39, 0.29) is 0 Å². The van der Waals surface area contributed by atoms with Crippen molar-refractivity contribution >= 4 is 18.2 Å². The van der Waals surface area contributed by atoms with Crippen molar-refractivity contribution in [1.29, 1.82) is 0 Å². The molecule has 0 aromatic carbocycles. The van der Waals surface area contributed by atoms with Gasteiger partial charge < -0.3 is 0 Å². The van der Waals surface area contributed by atoms with Crippen LogP contribution in [0.15, 0.2) is 0 Å². The topological polar surface area (TPSA) is 35.5 Å². The molecule has 0 spiro atoms. The maximum atomic E-state index is 12.4. The first-order chi connectivity index (χ1) is 6.47. The summed E-state index contributed by atoms with van der Waals surface area (Å²) < 4.78 is 23.4. The molecule has 0 aromatic heterocycles. The van der Waals surface area contributed by atoms with Crippen LogP contribution < -0.4 is 0 Å². The Morgan fingerprint density at radius 2 is 1.33 bits per heavy atom. The van der Waals surface area contributed by atoms with E-state index in [9.17, 15) is 4.57 Å². The average Bonchev–Trinajstić information content (AvgIpc) is 1.74. The quantitative estimate of drug-likeness (QED) is 0.693. The van der Waals surface area contributed by atoms with E-state index in [1.165, 1.54) is 11.4 Å². The van der Waals surface area contributed by atoms with Crippen LogP contribution in [0.3, 0.4) is 0 Å². The maximum Gasteiger partial charge on any atom is 0.390 e. The summed E-state index contributed by atoms with van der Waals surface area (Å²) in [6.07, 6.45) is 0. The van der Waals surface area contributed by atoms with Crippen molar-refractivity contribution in [2.45, 2.75) is 59.7 Å². The van der Waals surface area contributed by atoms with Gasteiger partial charge in [0, 0.05) is 5.75 Å². The highest BCUT2D eigenvalue weighted by atomic mass is 32.7. The molecule has 0 bridgehead atoms. The predicted octanol–water partition coefficient (Wildman–Crippen LogP) is 4.48. The molecule has 92 valence electrons. The molecule has 0 N–H and O–H groups in total. The van der Waals surface area contributed by atoms with Gasteiger partial charge in [0.15, 0.2) is 0 Å². The van der Waals surface area contributed by atoms with Gasteiger partial charge in [-0.15, -0.1) is 0 Å². The Balaban J connectivity index is 4.68. The van der Waals surface area contributed by atoms with E-state index >= 15 is 0 Å². The smallest absolute Gasteiger partial charge is 0.295 e. The van der Waals surface area contributed by atoms with Crippen molar-refractivity contribution in [3.05, 3.63) is 0 Å². The second kappa shape index (κ2) is 5.22. The minimum Gasteiger partial charge on any atom is -0.295 e. The van der Waals surface area contributed by atoms with Gasteiger partial charge in [-0.3, -0.25) is 9.05 Å². The molecule has 0 aliphatic carbocycles. The van der Waals surface area contributed by atoms with Crippen LogP contribution in [0.2, 0.25) is 0 Å². The fourth-order valence-electron chi connectivity index (χ4n) is 0.900. The molecule has 0 unspecified atom stereocenters. The Hall–Kier alpha value is 0.500. The fraction of sp³-hybridized carbons (Fsp3) is 1.00. The van der Waals surface area contributed by atoms with Crippen LogP contribution in [0, 0.1) is 0 Å². The fourth-order valence-corrected chi connectivity index (χ4v) is 5.31. The Morgan fingerprint density at radius 1 is 1.00 bits per heavy atom. The molecule has 5 heteroatoms. The van der Waals surface area contributed by atoms with E-state index in [0.717, 1.165) is 0 Å². The molecule has 0 radical (unpaired) electrons. The predicted molar refractivity (Wildman–Crippen MR) is 67.4 cm³/mol. The van der Waals surface area contributed by atoms with Crippen LogP contribution in [-0.4, -0.2) is 17.0 Å². The normalized spacial score (nSPS) is 14.3. The van der Waals surface area contributed by atoms with Crippen molar-refractivity contribution in [2.75, 3.05) is 5.75 Å².